The van der Waals surface area contributed by atoms with E-state index in [1.54, 1.807) is 13.0 Å². The molecule has 0 aromatic heterocycles. The lowest BCUT2D eigenvalue weighted by atomic mass is 10.1. The third kappa shape index (κ3) is 4.68. The summed E-state index contributed by atoms with van der Waals surface area (Å²) < 4.78 is 38.5. The maximum absolute atomic E-state index is 12.8. The monoisotopic (exact) mass is 394 g/mol. The molecule has 0 aliphatic rings. The third-order valence-corrected chi connectivity index (χ3v) is 5.34. The number of benzene rings is 2. The largest absolute Gasteiger partial charge is 0.495 e. The molecular weight excluding hydrogens is 372 g/mol. The lowest BCUT2D eigenvalue weighted by Crippen LogP contribution is -2.15. The van der Waals surface area contributed by atoms with Crippen LogP contribution in [0.5, 0.6) is 11.5 Å². The van der Waals surface area contributed by atoms with Crippen molar-refractivity contribution in [2.24, 2.45) is 0 Å². The minimum atomic E-state index is -4.10. The van der Waals surface area contributed by atoms with Crippen LogP contribution in [-0.2, 0) is 10.0 Å². The van der Waals surface area contributed by atoms with Crippen LogP contribution in [0.3, 0.4) is 0 Å². The summed E-state index contributed by atoms with van der Waals surface area (Å²) in [6, 6.07) is 7.08. The van der Waals surface area contributed by atoms with Crippen LogP contribution in [0, 0.1) is 24.0 Å². The van der Waals surface area contributed by atoms with E-state index in [2.05, 4.69) is 4.72 Å². The zero-order chi connectivity index (χ0) is 20.2. The van der Waals surface area contributed by atoms with Crippen molar-refractivity contribution in [3.8, 4) is 11.5 Å². The number of aryl methyl sites for hydroxylation is 2. The van der Waals surface area contributed by atoms with Crippen molar-refractivity contribution in [2.45, 2.75) is 32.1 Å². The molecule has 0 fully saturated rings. The van der Waals surface area contributed by atoms with Crippen LogP contribution in [-0.4, -0.2) is 27.1 Å². The fourth-order valence-electron chi connectivity index (χ4n) is 2.39. The molecule has 0 saturated carbocycles. The number of nitrogens with zero attached hydrogens (tertiary/aromatic N) is 1. The molecule has 0 aliphatic heterocycles. The molecule has 2 rings (SSSR count). The molecule has 0 saturated heterocycles. The molecule has 8 nitrogen and oxygen atoms in total. The predicted octanol–water partition coefficient (Wildman–Crippen LogP) is 3.81. The lowest BCUT2D eigenvalue weighted by molar-refractivity contribution is -0.384. The molecule has 2 aromatic rings. The molecule has 0 heterocycles. The summed E-state index contributed by atoms with van der Waals surface area (Å²) >= 11 is 0. The number of methoxy groups -OCH3 is 1. The van der Waals surface area contributed by atoms with Crippen molar-refractivity contribution in [1.82, 2.24) is 0 Å². The highest BCUT2D eigenvalue weighted by Crippen LogP contribution is 2.33. The molecule has 9 heteroatoms. The quantitative estimate of drug-likeness (QED) is 0.539. The molecular formula is C18H22N2O6S. The zero-order valence-corrected chi connectivity index (χ0v) is 16.4. The zero-order valence-electron chi connectivity index (χ0n) is 15.6. The third-order valence-electron chi connectivity index (χ3n) is 3.95. The van der Waals surface area contributed by atoms with Gasteiger partial charge in [-0.15, -0.1) is 0 Å². The van der Waals surface area contributed by atoms with E-state index < -0.39 is 20.6 Å². The first kappa shape index (κ1) is 20.5. The molecule has 0 bridgehead atoms. The van der Waals surface area contributed by atoms with Crippen molar-refractivity contribution in [1.29, 1.82) is 0 Å². The number of nitrogens with one attached hydrogen (secondary N) is 1. The van der Waals surface area contributed by atoms with Crippen molar-refractivity contribution >= 4 is 21.4 Å². The molecule has 0 unspecified atom stereocenters. The summed E-state index contributed by atoms with van der Waals surface area (Å²) in [4.78, 5) is 10.6. The number of nitro groups is 1. The van der Waals surface area contributed by atoms with Crippen LogP contribution in [0.15, 0.2) is 35.2 Å². The van der Waals surface area contributed by atoms with Crippen molar-refractivity contribution in [2.75, 3.05) is 18.4 Å². The number of sulfonamides is 1. The van der Waals surface area contributed by atoms with E-state index in [4.69, 9.17) is 9.47 Å². The van der Waals surface area contributed by atoms with Gasteiger partial charge in [-0.2, -0.15) is 0 Å². The first-order chi connectivity index (χ1) is 12.7. The molecule has 27 heavy (non-hydrogen) atoms. The fourth-order valence-corrected chi connectivity index (χ4v) is 3.70. The van der Waals surface area contributed by atoms with E-state index in [1.165, 1.54) is 31.4 Å². The van der Waals surface area contributed by atoms with E-state index >= 15 is 0 Å². The van der Waals surface area contributed by atoms with Gasteiger partial charge in [-0.05, 0) is 55.7 Å². The topological polar surface area (TPSA) is 108 Å². The summed E-state index contributed by atoms with van der Waals surface area (Å²) in [5.74, 6) is 0.464. The molecule has 0 amide bonds. The van der Waals surface area contributed by atoms with Gasteiger partial charge in [0.15, 0.2) is 0 Å². The number of ether oxygens (including phenoxy) is 2. The van der Waals surface area contributed by atoms with Crippen molar-refractivity contribution in [3.63, 3.8) is 0 Å². The van der Waals surface area contributed by atoms with Gasteiger partial charge in [0.05, 0.1) is 24.7 Å². The number of rotatable bonds is 8. The summed E-state index contributed by atoms with van der Waals surface area (Å²) in [7, 11) is -2.73. The van der Waals surface area contributed by atoms with Gasteiger partial charge < -0.3 is 9.47 Å². The minimum absolute atomic E-state index is 0.0892. The SMILES string of the molecule is CCCOc1ccc(NS(=O)(=O)c2cc(C)c(C)cc2OC)c([N+](=O)[O-])c1. The minimum Gasteiger partial charge on any atom is -0.495 e. The number of anilines is 1. The Morgan fingerprint density at radius 3 is 2.41 bits per heavy atom. The van der Waals surface area contributed by atoms with Gasteiger partial charge in [0.2, 0.25) is 0 Å². The van der Waals surface area contributed by atoms with E-state index in [9.17, 15) is 18.5 Å². The van der Waals surface area contributed by atoms with Crippen LogP contribution in [0.25, 0.3) is 0 Å². The molecule has 1 N–H and O–H groups in total. The predicted molar refractivity (Wildman–Crippen MR) is 102 cm³/mol. The van der Waals surface area contributed by atoms with Gasteiger partial charge in [0.25, 0.3) is 15.7 Å². The van der Waals surface area contributed by atoms with Crippen molar-refractivity contribution in [3.05, 3.63) is 51.6 Å². The maximum Gasteiger partial charge on any atom is 0.297 e. The molecule has 2 aromatic carbocycles. The maximum atomic E-state index is 12.8. The van der Waals surface area contributed by atoms with Crippen LogP contribution in [0.1, 0.15) is 24.5 Å². The average Bonchev–Trinajstić information content (AvgIpc) is 2.62. The van der Waals surface area contributed by atoms with Gasteiger partial charge in [-0.25, -0.2) is 8.42 Å². The summed E-state index contributed by atoms with van der Waals surface area (Å²) in [6.07, 6.45) is 0.745. The smallest absolute Gasteiger partial charge is 0.297 e. The number of hydrogen-bond donors (Lipinski definition) is 1. The van der Waals surface area contributed by atoms with Gasteiger partial charge in [0.1, 0.15) is 22.1 Å². The van der Waals surface area contributed by atoms with Gasteiger partial charge in [-0.3, -0.25) is 14.8 Å². The second-order valence-corrected chi connectivity index (χ2v) is 7.63. The Morgan fingerprint density at radius 1 is 1.15 bits per heavy atom. The first-order valence-corrected chi connectivity index (χ1v) is 9.77. The summed E-state index contributed by atoms with van der Waals surface area (Å²) in [6.45, 7) is 5.92. The van der Waals surface area contributed by atoms with E-state index in [0.29, 0.717) is 12.4 Å². The number of hydrogen-bond acceptors (Lipinski definition) is 6. The van der Waals surface area contributed by atoms with E-state index in [-0.39, 0.29) is 16.3 Å². The number of nitro benzene ring substituents is 1. The molecule has 146 valence electrons. The highest BCUT2D eigenvalue weighted by atomic mass is 32.2. The molecule has 0 aliphatic carbocycles. The summed E-state index contributed by atoms with van der Waals surface area (Å²) in [5, 5.41) is 11.4. The second kappa shape index (κ2) is 8.26. The molecule has 0 atom stereocenters. The van der Waals surface area contributed by atoms with Crippen LogP contribution in [0.4, 0.5) is 11.4 Å². The molecule has 0 radical (unpaired) electrons. The highest BCUT2D eigenvalue weighted by molar-refractivity contribution is 7.92. The van der Waals surface area contributed by atoms with Crippen LogP contribution in [0.2, 0.25) is 0 Å². The van der Waals surface area contributed by atoms with Crippen LogP contribution >= 0.6 is 0 Å². The Bertz CT molecular complexity index is 957. The van der Waals surface area contributed by atoms with Crippen molar-refractivity contribution < 1.29 is 22.8 Å². The van der Waals surface area contributed by atoms with E-state index in [0.717, 1.165) is 17.5 Å². The Hall–Kier alpha value is -2.81. The average molecular weight is 394 g/mol. The van der Waals surface area contributed by atoms with E-state index in [1.807, 2.05) is 13.8 Å². The summed E-state index contributed by atoms with van der Waals surface area (Å²) in [5.41, 5.74) is 1.09. The first-order valence-electron chi connectivity index (χ1n) is 8.29. The Balaban J connectivity index is 2.46. The fraction of sp³-hybridized carbons (Fsp3) is 0.333. The Morgan fingerprint density at radius 2 is 1.81 bits per heavy atom. The molecule has 0 spiro atoms. The van der Waals surface area contributed by atoms with Gasteiger partial charge in [0, 0.05) is 0 Å². The standard InChI is InChI=1S/C18H22N2O6S/c1-5-8-26-14-6-7-15(16(11-14)20(21)22)19-27(23,24)18-10-13(3)12(2)9-17(18)25-4/h6-7,9-11,19H,5,8H2,1-4H3. The van der Waals surface area contributed by atoms with Gasteiger partial charge >= 0.3 is 0 Å². The second-order valence-electron chi connectivity index (χ2n) is 5.98. The highest BCUT2D eigenvalue weighted by Gasteiger charge is 2.25. The lowest BCUT2D eigenvalue weighted by Gasteiger charge is -2.14. The normalized spacial score (nSPS) is 11.1. The Kier molecular flexibility index (Phi) is 6.27. The van der Waals surface area contributed by atoms with Gasteiger partial charge in [-0.1, -0.05) is 6.92 Å². The van der Waals surface area contributed by atoms with Crippen LogP contribution < -0.4 is 14.2 Å². The Labute approximate surface area is 158 Å².